The lowest BCUT2D eigenvalue weighted by molar-refractivity contribution is -0.132. The van der Waals surface area contributed by atoms with E-state index in [0.29, 0.717) is 12.3 Å². The fourth-order valence-corrected chi connectivity index (χ4v) is 6.03. The fraction of sp³-hybridized carbons (Fsp3) is 0.483. The third-order valence-electron chi connectivity index (χ3n) is 8.26. The summed E-state index contributed by atoms with van der Waals surface area (Å²) in [5.41, 5.74) is 3.96. The molecule has 0 bridgehead atoms. The highest BCUT2D eigenvalue weighted by molar-refractivity contribution is 5.77. The average Bonchev–Trinajstić information content (AvgIpc) is 3.35. The second kappa shape index (κ2) is 9.12. The van der Waals surface area contributed by atoms with Gasteiger partial charge in [0.15, 0.2) is 0 Å². The summed E-state index contributed by atoms with van der Waals surface area (Å²) in [6.45, 7) is 8.84. The van der Waals surface area contributed by atoms with Crippen molar-refractivity contribution in [2.24, 2.45) is 5.41 Å². The number of nitrogens with zero attached hydrogens (tertiary/aromatic N) is 4. The van der Waals surface area contributed by atoms with E-state index in [-0.39, 0.29) is 17.2 Å². The second-order valence-corrected chi connectivity index (χ2v) is 11.4. The molecular formula is C29H37N5O2. The first-order chi connectivity index (χ1) is 17.1. The van der Waals surface area contributed by atoms with Gasteiger partial charge < -0.3 is 14.9 Å². The van der Waals surface area contributed by atoms with Crippen molar-refractivity contribution in [3.63, 3.8) is 0 Å². The number of hydrogen-bond acceptors (Lipinski definition) is 5. The van der Waals surface area contributed by atoms with Crippen LogP contribution in [0.2, 0.25) is 0 Å². The molecule has 3 aromatic rings. The first kappa shape index (κ1) is 24.7. The zero-order valence-electron chi connectivity index (χ0n) is 22.0. The molecule has 7 nitrogen and oxygen atoms in total. The molecule has 0 spiro atoms. The summed E-state index contributed by atoms with van der Waals surface area (Å²) in [5, 5.41) is 20.2. The number of aromatic amines is 1. The molecule has 5 rings (SSSR count). The summed E-state index contributed by atoms with van der Waals surface area (Å²) in [6.07, 6.45) is 4.99. The number of pyridine rings is 1. The maximum atomic E-state index is 12.5. The molecule has 4 heterocycles. The summed E-state index contributed by atoms with van der Waals surface area (Å²) in [5.74, 6) is 0.738. The summed E-state index contributed by atoms with van der Waals surface area (Å²) in [6, 6.07) is 12.4. The predicted octanol–water partition coefficient (Wildman–Crippen LogP) is 4.12. The number of aromatic nitrogens is 3. The highest BCUT2D eigenvalue weighted by Gasteiger charge is 2.55. The summed E-state index contributed by atoms with van der Waals surface area (Å²) < 4.78 is 0. The van der Waals surface area contributed by atoms with E-state index in [0.717, 1.165) is 54.1 Å². The summed E-state index contributed by atoms with van der Waals surface area (Å²) in [4.78, 5) is 20.8. The van der Waals surface area contributed by atoms with Crippen LogP contribution in [0.25, 0.3) is 11.3 Å². The van der Waals surface area contributed by atoms with Crippen molar-refractivity contribution >= 4 is 5.91 Å². The van der Waals surface area contributed by atoms with Crippen LogP contribution in [0.5, 0.6) is 0 Å². The molecule has 2 atom stereocenters. The molecular weight excluding hydrogens is 450 g/mol. The van der Waals surface area contributed by atoms with E-state index < -0.39 is 5.60 Å². The predicted molar refractivity (Wildman–Crippen MR) is 141 cm³/mol. The maximum Gasteiger partial charge on any atom is 0.222 e. The smallest absolute Gasteiger partial charge is 0.222 e. The van der Waals surface area contributed by atoms with E-state index in [1.54, 1.807) is 17.3 Å². The van der Waals surface area contributed by atoms with Gasteiger partial charge in [0, 0.05) is 73.7 Å². The van der Waals surface area contributed by atoms with E-state index in [4.69, 9.17) is 0 Å². The van der Waals surface area contributed by atoms with Crippen LogP contribution in [-0.2, 0) is 10.4 Å². The minimum absolute atomic E-state index is 0.145. The Bertz CT molecular complexity index is 1240. The first-order valence-electron chi connectivity index (χ1n) is 12.9. The molecule has 2 aromatic heterocycles. The molecule has 0 saturated carbocycles. The van der Waals surface area contributed by atoms with Crippen molar-refractivity contribution in [3.05, 3.63) is 71.2 Å². The van der Waals surface area contributed by atoms with Crippen molar-refractivity contribution in [1.29, 1.82) is 0 Å². The zero-order chi connectivity index (χ0) is 25.7. The Morgan fingerprint density at radius 1 is 1.11 bits per heavy atom. The number of piperidine rings is 1. The number of aliphatic hydroxyl groups is 1. The number of benzene rings is 1. The Morgan fingerprint density at radius 2 is 1.83 bits per heavy atom. The third-order valence-corrected chi connectivity index (χ3v) is 8.26. The number of nitrogens with one attached hydrogen (secondary N) is 1. The molecule has 190 valence electrons. The van der Waals surface area contributed by atoms with Gasteiger partial charge in [0.25, 0.3) is 0 Å². The van der Waals surface area contributed by atoms with Crippen molar-refractivity contribution in [1.82, 2.24) is 25.0 Å². The largest absolute Gasteiger partial charge is 0.380 e. The Morgan fingerprint density at radius 3 is 2.47 bits per heavy atom. The van der Waals surface area contributed by atoms with Crippen LogP contribution >= 0.6 is 0 Å². The van der Waals surface area contributed by atoms with Gasteiger partial charge in [0.1, 0.15) is 5.60 Å². The van der Waals surface area contributed by atoms with Crippen LogP contribution in [0.3, 0.4) is 0 Å². The number of hydrogen-bond donors (Lipinski definition) is 2. The van der Waals surface area contributed by atoms with Crippen molar-refractivity contribution in [2.75, 3.05) is 33.7 Å². The van der Waals surface area contributed by atoms with Gasteiger partial charge in [-0.15, -0.1) is 0 Å². The van der Waals surface area contributed by atoms with Crippen LogP contribution in [0.4, 0.5) is 0 Å². The van der Waals surface area contributed by atoms with Gasteiger partial charge in [-0.1, -0.05) is 45.0 Å². The molecule has 1 amide bonds. The number of amides is 1. The molecule has 1 unspecified atom stereocenters. The lowest BCUT2D eigenvalue weighted by Gasteiger charge is -2.55. The summed E-state index contributed by atoms with van der Waals surface area (Å²) in [7, 11) is 3.93. The zero-order valence-corrected chi connectivity index (χ0v) is 22.0. The van der Waals surface area contributed by atoms with Gasteiger partial charge in [-0.3, -0.25) is 14.9 Å². The lowest BCUT2D eigenvalue weighted by atomic mass is 9.62. The Kier molecular flexibility index (Phi) is 6.25. The number of carbonyl (C=O) groups excluding carboxylic acids is 1. The Balaban J connectivity index is 1.50. The Labute approximate surface area is 213 Å². The van der Waals surface area contributed by atoms with E-state index in [1.165, 1.54) is 5.56 Å². The lowest BCUT2D eigenvalue weighted by Crippen LogP contribution is -2.63. The normalized spacial score (nSPS) is 21.9. The topological polar surface area (TPSA) is 85.3 Å². The first-order valence-corrected chi connectivity index (χ1v) is 12.9. The van der Waals surface area contributed by atoms with E-state index in [2.05, 4.69) is 72.2 Å². The summed E-state index contributed by atoms with van der Waals surface area (Å²) >= 11 is 0. The highest BCUT2D eigenvalue weighted by atomic mass is 16.3. The molecule has 2 fully saturated rings. The number of H-pyrrole nitrogens is 1. The van der Waals surface area contributed by atoms with Crippen LogP contribution in [0.1, 0.15) is 67.8 Å². The SMILES string of the molecule is CC(C)c1ccc([C@](O)(c2cncc(-c3cc(C4CCN(C)C(=O)C4)[nH]n3)c2)C2(C)CN(C)C2)cc1. The Hall–Kier alpha value is -3.03. The number of rotatable bonds is 6. The molecule has 2 aliphatic rings. The maximum absolute atomic E-state index is 12.5. The number of carbonyl (C=O) groups is 1. The molecule has 2 N–H and O–H groups in total. The molecule has 1 aromatic carbocycles. The monoisotopic (exact) mass is 487 g/mol. The van der Waals surface area contributed by atoms with Gasteiger partial charge in [-0.2, -0.15) is 5.10 Å². The molecule has 36 heavy (non-hydrogen) atoms. The van der Waals surface area contributed by atoms with Crippen LogP contribution in [-0.4, -0.2) is 69.7 Å². The highest BCUT2D eigenvalue weighted by Crippen LogP contribution is 2.50. The number of likely N-dealkylation sites (tertiary alicyclic amines) is 2. The standard InChI is InChI=1S/C29H37N5O2/c1-19(2)20-6-8-23(9-7-20)29(36,28(3)17-33(4)18-28)24-12-22(15-30-16-24)26-14-25(31-32-26)21-10-11-34(5)27(35)13-21/h6-9,12,14-16,19,21,36H,10-11,13,17-18H2,1-5H3,(H,31,32)/t21?,29-/m0/s1. The van der Waals surface area contributed by atoms with Crippen molar-refractivity contribution < 1.29 is 9.90 Å². The molecule has 0 radical (unpaired) electrons. The second-order valence-electron chi connectivity index (χ2n) is 11.4. The van der Waals surface area contributed by atoms with E-state index >= 15 is 0 Å². The molecule has 0 aliphatic carbocycles. The van der Waals surface area contributed by atoms with Crippen molar-refractivity contribution in [3.8, 4) is 11.3 Å². The molecule has 2 aliphatic heterocycles. The van der Waals surface area contributed by atoms with Crippen LogP contribution in [0.15, 0.2) is 48.8 Å². The fourth-order valence-electron chi connectivity index (χ4n) is 6.03. The van der Waals surface area contributed by atoms with Crippen LogP contribution < -0.4 is 0 Å². The quantitative estimate of drug-likeness (QED) is 0.546. The van der Waals surface area contributed by atoms with Gasteiger partial charge >= 0.3 is 0 Å². The molecule has 7 heteroatoms. The van der Waals surface area contributed by atoms with Gasteiger partial charge in [-0.25, -0.2) is 0 Å². The van der Waals surface area contributed by atoms with Gasteiger partial charge in [0.05, 0.1) is 5.69 Å². The minimum atomic E-state index is -1.20. The minimum Gasteiger partial charge on any atom is -0.380 e. The van der Waals surface area contributed by atoms with Crippen LogP contribution in [0, 0.1) is 5.41 Å². The average molecular weight is 488 g/mol. The third kappa shape index (κ3) is 4.14. The van der Waals surface area contributed by atoms with E-state index in [1.807, 2.05) is 19.2 Å². The van der Waals surface area contributed by atoms with Gasteiger partial charge in [-0.05, 0) is 42.6 Å². The van der Waals surface area contributed by atoms with Gasteiger partial charge in [0.2, 0.25) is 5.91 Å². The van der Waals surface area contributed by atoms with E-state index in [9.17, 15) is 9.90 Å². The van der Waals surface area contributed by atoms with Crippen molar-refractivity contribution in [2.45, 2.75) is 51.0 Å². The molecule has 2 saturated heterocycles.